The van der Waals surface area contributed by atoms with Gasteiger partial charge in [0.15, 0.2) is 6.10 Å². The molecule has 1 N–H and O–H groups in total. The van der Waals surface area contributed by atoms with Gasteiger partial charge < -0.3 is 15.0 Å². The first kappa shape index (κ1) is 15.3. The minimum atomic E-state index is -0.351. The molecule has 110 valence electrons. The second kappa shape index (κ2) is 6.59. The summed E-state index contributed by atoms with van der Waals surface area (Å²) >= 11 is 3.52. The number of likely N-dealkylation sites (tertiary alicyclic amines) is 1. The molecule has 1 aliphatic heterocycles. The number of amides is 1. The second-order valence-electron chi connectivity index (χ2n) is 5.46. The summed E-state index contributed by atoms with van der Waals surface area (Å²) in [5.74, 6) is 0.786. The lowest BCUT2D eigenvalue weighted by molar-refractivity contribution is -0.132. The number of benzene rings is 1. The van der Waals surface area contributed by atoms with Crippen LogP contribution in [-0.4, -0.2) is 36.5 Å². The number of carbonyl (C=O) groups is 1. The summed E-state index contributed by atoms with van der Waals surface area (Å²) in [5, 5.41) is 3.37. The zero-order chi connectivity index (χ0) is 14.7. The van der Waals surface area contributed by atoms with Crippen molar-refractivity contribution in [2.75, 3.05) is 13.6 Å². The number of hydrogen-bond donors (Lipinski definition) is 1. The first-order valence-electron chi connectivity index (χ1n) is 6.91. The van der Waals surface area contributed by atoms with Crippen molar-refractivity contribution >= 4 is 21.8 Å². The summed E-state index contributed by atoms with van der Waals surface area (Å²) in [6.45, 7) is 5.82. The Morgan fingerprint density at radius 3 is 2.80 bits per heavy atom. The van der Waals surface area contributed by atoms with Crippen LogP contribution < -0.4 is 10.1 Å². The third-order valence-corrected chi connectivity index (χ3v) is 3.98. The van der Waals surface area contributed by atoms with Crippen LogP contribution in [0.5, 0.6) is 5.75 Å². The Hall–Kier alpha value is -1.07. The maximum absolute atomic E-state index is 11.8. The molecule has 1 amide bonds. The molecular formula is C15H21BrN2O2. The average Bonchev–Trinajstić information content (AvgIpc) is 2.71. The third kappa shape index (κ3) is 3.73. The van der Waals surface area contributed by atoms with Gasteiger partial charge in [0.2, 0.25) is 0 Å². The topological polar surface area (TPSA) is 41.6 Å². The molecule has 0 aromatic heterocycles. The van der Waals surface area contributed by atoms with E-state index in [0.29, 0.717) is 6.04 Å². The fraction of sp³-hybridized carbons (Fsp3) is 0.533. The molecule has 1 heterocycles. The van der Waals surface area contributed by atoms with Gasteiger partial charge in [-0.3, -0.25) is 4.79 Å². The number of halogens is 1. The lowest BCUT2D eigenvalue weighted by atomic mass is 10.2. The van der Waals surface area contributed by atoms with E-state index in [9.17, 15) is 4.79 Å². The van der Waals surface area contributed by atoms with Gasteiger partial charge in [-0.15, -0.1) is 0 Å². The SMILES string of the molecule is CC(C)NCc1ccc(OC2CCN(C)C2=O)c(Br)c1. The molecule has 4 nitrogen and oxygen atoms in total. The van der Waals surface area contributed by atoms with Gasteiger partial charge in [-0.1, -0.05) is 19.9 Å². The molecule has 1 aromatic carbocycles. The van der Waals surface area contributed by atoms with E-state index in [1.807, 2.05) is 18.2 Å². The molecule has 2 rings (SSSR count). The predicted molar refractivity (Wildman–Crippen MR) is 82.8 cm³/mol. The molecular weight excluding hydrogens is 320 g/mol. The molecule has 1 saturated heterocycles. The molecule has 1 unspecified atom stereocenters. The molecule has 0 saturated carbocycles. The zero-order valence-electron chi connectivity index (χ0n) is 12.1. The number of nitrogens with zero attached hydrogens (tertiary/aromatic N) is 1. The third-order valence-electron chi connectivity index (χ3n) is 3.36. The van der Waals surface area contributed by atoms with E-state index in [4.69, 9.17) is 4.74 Å². The summed E-state index contributed by atoms with van der Waals surface area (Å²) in [6, 6.07) is 6.44. The number of likely N-dealkylation sites (N-methyl/N-ethyl adjacent to an activating group) is 1. The van der Waals surface area contributed by atoms with Crippen molar-refractivity contribution in [2.45, 2.75) is 39.0 Å². The van der Waals surface area contributed by atoms with E-state index in [1.165, 1.54) is 5.56 Å². The average molecular weight is 341 g/mol. The summed E-state index contributed by atoms with van der Waals surface area (Å²) in [5.41, 5.74) is 1.19. The van der Waals surface area contributed by atoms with Crippen LogP contribution in [0.15, 0.2) is 22.7 Å². The van der Waals surface area contributed by atoms with Gasteiger partial charge in [0.25, 0.3) is 5.91 Å². The number of carbonyl (C=O) groups excluding carboxylic acids is 1. The predicted octanol–water partition coefficient (Wildman–Crippen LogP) is 2.56. The standard InChI is InChI=1S/C15H21BrN2O2/c1-10(2)17-9-11-4-5-13(12(16)8-11)20-14-6-7-18(3)15(14)19/h4-5,8,10,14,17H,6-7,9H2,1-3H3. The van der Waals surface area contributed by atoms with Crippen molar-refractivity contribution in [3.63, 3.8) is 0 Å². The number of rotatable bonds is 5. The number of hydrogen-bond acceptors (Lipinski definition) is 3. The number of nitrogens with one attached hydrogen (secondary N) is 1. The lowest BCUT2D eigenvalue weighted by Crippen LogP contribution is -2.29. The molecule has 0 bridgehead atoms. The van der Waals surface area contributed by atoms with E-state index < -0.39 is 0 Å². The van der Waals surface area contributed by atoms with Crippen molar-refractivity contribution < 1.29 is 9.53 Å². The quantitative estimate of drug-likeness (QED) is 0.895. The van der Waals surface area contributed by atoms with Crippen LogP contribution >= 0.6 is 15.9 Å². The van der Waals surface area contributed by atoms with Crippen LogP contribution in [0.25, 0.3) is 0 Å². The van der Waals surface area contributed by atoms with E-state index in [-0.39, 0.29) is 12.0 Å². The summed E-state index contributed by atoms with van der Waals surface area (Å²) in [6.07, 6.45) is 0.397. The monoisotopic (exact) mass is 340 g/mol. The Morgan fingerprint density at radius 1 is 1.50 bits per heavy atom. The zero-order valence-corrected chi connectivity index (χ0v) is 13.7. The van der Waals surface area contributed by atoms with Crippen molar-refractivity contribution in [3.8, 4) is 5.75 Å². The van der Waals surface area contributed by atoms with Crippen LogP contribution in [0.1, 0.15) is 25.8 Å². The Bertz CT molecular complexity index is 491. The van der Waals surface area contributed by atoms with E-state index in [0.717, 1.165) is 29.7 Å². The normalized spacial score (nSPS) is 18.9. The highest BCUT2D eigenvalue weighted by Gasteiger charge is 2.31. The minimum Gasteiger partial charge on any atom is -0.479 e. The molecule has 20 heavy (non-hydrogen) atoms. The Kier molecular flexibility index (Phi) is 5.05. The van der Waals surface area contributed by atoms with Crippen LogP contribution in [0, 0.1) is 0 Å². The Balaban J connectivity index is 2.01. The van der Waals surface area contributed by atoms with Crippen LogP contribution in [0.2, 0.25) is 0 Å². The highest BCUT2D eigenvalue weighted by molar-refractivity contribution is 9.10. The van der Waals surface area contributed by atoms with Crippen molar-refractivity contribution in [1.29, 1.82) is 0 Å². The molecule has 5 heteroatoms. The fourth-order valence-electron chi connectivity index (χ4n) is 2.12. The smallest absolute Gasteiger partial charge is 0.263 e. The molecule has 0 aliphatic carbocycles. The van der Waals surface area contributed by atoms with Crippen LogP contribution in [0.4, 0.5) is 0 Å². The summed E-state index contributed by atoms with van der Waals surface area (Å²) < 4.78 is 6.70. The maximum Gasteiger partial charge on any atom is 0.263 e. The minimum absolute atomic E-state index is 0.0578. The van der Waals surface area contributed by atoms with Crippen molar-refractivity contribution in [2.24, 2.45) is 0 Å². The molecule has 1 atom stereocenters. The van der Waals surface area contributed by atoms with Gasteiger partial charge in [0.05, 0.1) is 4.47 Å². The van der Waals surface area contributed by atoms with E-state index >= 15 is 0 Å². The van der Waals surface area contributed by atoms with Crippen LogP contribution in [0.3, 0.4) is 0 Å². The molecule has 1 aromatic rings. The molecule has 1 fully saturated rings. The molecule has 0 radical (unpaired) electrons. The van der Waals surface area contributed by atoms with Crippen molar-refractivity contribution in [3.05, 3.63) is 28.2 Å². The van der Waals surface area contributed by atoms with Gasteiger partial charge in [-0.25, -0.2) is 0 Å². The van der Waals surface area contributed by atoms with Gasteiger partial charge in [-0.05, 0) is 33.6 Å². The molecule has 1 aliphatic rings. The lowest BCUT2D eigenvalue weighted by Gasteiger charge is -2.15. The van der Waals surface area contributed by atoms with Gasteiger partial charge >= 0.3 is 0 Å². The highest BCUT2D eigenvalue weighted by Crippen LogP contribution is 2.28. The van der Waals surface area contributed by atoms with Gasteiger partial charge in [0, 0.05) is 32.6 Å². The van der Waals surface area contributed by atoms with Crippen molar-refractivity contribution in [1.82, 2.24) is 10.2 Å². The molecule has 0 spiro atoms. The fourth-order valence-corrected chi connectivity index (χ4v) is 2.64. The largest absolute Gasteiger partial charge is 0.479 e. The maximum atomic E-state index is 11.8. The van der Waals surface area contributed by atoms with Gasteiger partial charge in [-0.2, -0.15) is 0 Å². The summed E-state index contributed by atoms with van der Waals surface area (Å²) in [4.78, 5) is 13.5. The van der Waals surface area contributed by atoms with Gasteiger partial charge in [0.1, 0.15) is 5.75 Å². The summed E-state index contributed by atoms with van der Waals surface area (Å²) in [7, 11) is 1.81. The van der Waals surface area contributed by atoms with E-state index in [1.54, 1.807) is 11.9 Å². The second-order valence-corrected chi connectivity index (χ2v) is 6.31. The Labute approximate surface area is 128 Å². The van der Waals surface area contributed by atoms with E-state index in [2.05, 4.69) is 35.1 Å². The highest BCUT2D eigenvalue weighted by atomic mass is 79.9. The first-order chi connectivity index (χ1) is 9.47. The Morgan fingerprint density at radius 2 is 2.25 bits per heavy atom. The first-order valence-corrected chi connectivity index (χ1v) is 7.70. The number of ether oxygens (including phenoxy) is 1. The van der Waals surface area contributed by atoms with Crippen LogP contribution in [-0.2, 0) is 11.3 Å².